The molecule has 0 rings (SSSR count). The third-order valence-corrected chi connectivity index (χ3v) is 0. The zero-order valence-electron chi connectivity index (χ0n) is 4.72. The second kappa shape index (κ2) is 293. The number of nitroso groups, excluding NO2 is 1. The summed E-state index contributed by atoms with van der Waals surface area (Å²) in [4.78, 5) is 8.42. The van der Waals surface area contributed by atoms with Crippen LogP contribution < -0.4 is 30.8 Å². The summed E-state index contributed by atoms with van der Waals surface area (Å²) in [5, 5.41) is 0. The molecule has 0 heterocycles. The molecule has 0 aliphatic carbocycles. The Kier molecular flexibility index (Phi) is 3800. The van der Waals surface area contributed by atoms with E-state index in [9.17, 15) is 0 Å². The number of rotatable bonds is 0. The van der Waals surface area contributed by atoms with E-state index in [1.54, 1.807) is 0 Å². The van der Waals surface area contributed by atoms with Crippen molar-refractivity contribution < 1.29 is 16.0 Å². The molecule has 0 aromatic heterocycles. The molecule has 0 aliphatic rings. The van der Waals surface area contributed by atoms with E-state index in [0.29, 0.717) is 0 Å². The van der Waals surface area contributed by atoms with Crippen LogP contribution in [-0.2, 0) is 16.0 Å². The standard InChI is InChI=1S/Co.NO.5H3N/c;1-2;;;;;/h;;5*1H3/q+1;-1;;;;;. The number of nitrogens with zero attached hydrogens (tertiary/aromatic N) is 1. The van der Waals surface area contributed by atoms with Gasteiger partial charge in [-0.3, -0.25) is 0 Å². The van der Waals surface area contributed by atoms with E-state index in [-0.39, 0.29) is 30.8 Å². The van der Waals surface area contributed by atoms with Crippen LogP contribution in [0.25, 0.3) is 0 Å². The fourth-order valence-corrected chi connectivity index (χ4v) is 0. The third kappa shape index (κ3) is 16300. The molecule has 0 aliphatic heterocycles. The monoisotopic (exact) mass is 174 g/mol. The summed E-state index contributed by atoms with van der Waals surface area (Å²) in [6, 6.07) is 0. The molecule has 0 radical (unpaired) electrons. The van der Waals surface area contributed by atoms with Gasteiger partial charge in [0.1, 0.15) is 0 Å². The van der Waals surface area contributed by atoms with Gasteiger partial charge in [0.05, 0.1) is 0 Å². The van der Waals surface area contributed by atoms with E-state index in [2.05, 4.69) is 16.0 Å². The Bertz CT molecular complexity index is 16.0. The molecule has 0 aromatic carbocycles. The van der Waals surface area contributed by atoms with Crippen molar-refractivity contribution in [1.82, 2.24) is 30.8 Å². The SMILES string of the molecule is N.N.N.N.N.O=[N][Co]. The first kappa shape index (κ1) is 104. The van der Waals surface area contributed by atoms with Crippen LogP contribution >= 0.6 is 0 Å². The molecular formula is H15CoN6O. The molecule has 0 spiro atoms. The van der Waals surface area contributed by atoms with Gasteiger partial charge in [-0.25, -0.2) is 0 Å². The van der Waals surface area contributed by atoms with E-state index in [1.807, 2.05) is 4.23 Å². The maximum absolute atomic E-state index is 8.42. The molecule has 60 valence electrons. The van der Waals surface area contributed by atoms with E-state index >= 15 is 0 Å². The Morgan fingerprint density at radius 3 is 0.875 bits per heavy atom. The predicted octanol–water partition coefficient (Wildman–Crippen LogP) is 1.02. The minimum atomic E-state index is 0. The van der Waals surface area contributed by atoms with Gasteiger partial charge in [-0.05, 0) is 0 Å². The third-order valence-electron chi connectivity index (χ3n) is 0. The van der Waals surface area contributed by atoms with Crippen molar-refractivity contribution in [2.24, 2.45) is 4.23 Å². The number of hydrogen-bond acceptors (Lipinski definition) is 7. The summed E-state index contributed by atoms with van der Waals surface area (Å²) >= 11 is 2.90. The van der Waals surface area contributed by atoms with E-state index in [0.717, 1.165) is 0 Å². The van der Waals surface area contributed by atoms with Crippen LogP contribution in [0.5, 0.6) is 0 Å². The summed E-state index contributed by atoms with van der Waals surface area (Å²) in [7, 11) is 0. The average Bonchev–Trinajstić information content (AvgIpc) is 0.918. The van der Waals surface area contributed by atoms with Crippen molar-refractivity contribution in [2.75, 3.05) is 0 Å². The quantitative estimate of drug-likeness (QED) is 0.338. The first-order chi connectivity index (χ1) is 1.41. The van der Waals surface area contributed by atoms with Crippen molar-refractivity contribution >= 4 is 0 Å². The maximum atomic E-state index is 8.42. The fraction of sp³-hybridized carbons (Fsp3) is 0. The molecule has 8 heavy (non-hydrogen) atoms. The normalized spacial score (nSPS) is 1.75. The van der Waals surface area contributed by atoms with Gasteiger partial charge in [0.15, 0.2) is 0 Å². The molecule has 0 saturated carbocycles. The molecule has 8 heteroatoms. The molecule has 15 N–H and O–H groups in total. The van der Waals surface area contributed by atoms with Gasteiger partial charge >= 0.3 is 25.1 Å². The van der Waals surface area contributed by atoms with Crippen molar-refractivity contribution in [3.63, 3.8) is 0 Å². The van der Waals surface area contributed by atoms with E-state index in [1.165, 1.54) is 0 Å². The molecule has 7 nitrogen and oxygen atoms in total. The van der Waals surface area contributed by atoms with Crippen molar-refractivity contribution in [3.8, 4) is 0 Å². The summed E-state index contributed by atoms with van der Waals surface area (Å²) in [5.74, 6) is 0. The zero-order valence-corrected chi connectivity index (χ0v) is 5.77. The van der Waals surface area contributed by atoms with Crippen molar-refractivity contribution in [2.45, 2.75) is 0 Å². The van der Waals surface area contributed by atoms with Gasteiger partial charge < -0.3 is 30.8 Å². The van der Waals surface area contributed by atoms with Crippen LogP contribution in [0.2, 0.25) is 0 Å². The van der Waals surface area contributed by atoms with Crippen LogP contribution in [0.4, 0.5) is 0 Å². The minimum absolute atomic E-state index is 0. The Labute approximate surface area is 56.7 Å². The zero-order chi connectivity index (χ0) is 2.71. The Morgan fingerprint density at radius 2 is 0.875 bits per heavy atom. The first-order valence-electron chi connectivity index (χ1n) is 0.332. The van der Waals surface area contributed by atoms with E-state index < -0.39 is 0 Å². The van der Waals surface area contributed by atoms with Crippen molar-refractivity contribution in [3.05, 3.63) is 4.91 Å². The van der Waals surface area contributed by atoms with Gasteiger partial charge in [-0.1, -0.05) is 0 Å². The number of hydrogen-bond donors (Lipinski definition) is 5. The Hall–Kier alpha value is -0.0935. The molecule has 0 atom stereocenters. The molecule has 0 bridgehead atoms. The summed E-state index contributed by atoms with van der Waals surface area (Å²) in [6.07, 6.45) is 0. The Balaban J connectivity index is -0.00000000200. The second-order valence-corrected chi connectivity index (χ2v) is 0.251. The molecule has 0 unspecified atom stereocenters. The molecule has 0 saturated heterocycles. The fourth-order valence-electron chi connectivity index (χ4n) is 0. The first-order valence-corrected chi connectivity index (χ1v) is 0.797. The summed E-state index contributed by atoms with van der Waals surface area (Å²) < 4.78 is 1.94. The molecule has 0 amide bonds. The van der Waals surface area contributed by atoms with Crippen LogP contribution in [0.3, 0.4) is 0 Å². The summed E-state index contributed by atoms with van der Waals surface area (Å²) in [6.45, 7) is 0. The Morgan fingerprint density at radius 1 is 0.875 bits per heavy atom. The van der Waals surface area contributed by atoms with Gasteiger partial charge in [0, 0.05) is 0 Å². The van der Waals surface area contributed by atoms with E-state index in [4.69, 9.17) is 4.91 Å². The van der Waals surface area contributed by atoms with Gasteiger partial charge in [-0.2, -0.15) is 0 Å². The van der Waals surface area contributed by atoms with Gasteiger partial charge in [0.25, 0.3) is 0 Å². The topological polar surface area (TPSA) is 204 Å². The van der Waals surface area contributed by atoms with Crippen LogP contribution in [0.1, 0.15) is 0 Å². The summed E-state index contributed by atoms with van der Waals surface area (Å²) in [5.41, 5.74) is 0. The molecular weight excluding hydrogens is 159 g/mol. The van der Waals surface area contributed by atoms with Gasteiger partial charge in [-0.15, -0.1) is 0 Å². The second-order valence-electron chi connectivity index (χ2n) is 0.0609. The van der Waals surface area contributed by atoms with Crippen LogP contribution in [0, 0.1) is 4.91 Å². The average molecular weight is 174 g/mol. The predicted molar refractivity (Wildman–Crippen MR) is 30.9 cm³/mol. The van der Waals surface area contributed by atoms with Crippen LogP contribution in [-0.4, -0.2) is 0 Å². The molecule has 0 aromatic rings. The van der Waals surface area contributed by atoms with Crippen molar-refractivity contribution in [1.29, 1.82) is 0 Å². The molecule has 0 fully saturated rings. The van der Waals surface area contributed by atoms with Crippen LogP contribution in [0.15, 0.2) is 4.23 Å². The van der Waals surface area contributed by atoms with Gasteiger partial charge in [0.2, 0.25) is 0 Å².